The maximum Gasteiger partial charge on any atom is 0.306 e. The molecule has 0 bridgehead atoms. The summed E-state index contributed by atoms with van der Waals surface area (Å²) in [6.07, 6.45) is 3.11. The molecule has 1 atom stereocenters. The highest BCUT2D eigenvalue weighted by molar-refractivity contribution is 7.58. The molecule has 2 N–H and O–H groups in total. The van der Waals surface area contributed by atoms with Gasteiger partial charge in [0.05, 0.1) is 12.6 Å². The van der Waals surface area contributed by atoms with Crippen LogP contribution in [0.3, 0.4) is 0 Å². The molecule has 1 aromatic heterocycles. The van der Waals surface area contributed by atoms with Crippen molar-refractivity contribution in [2.75, 3.05) is 7.11 Å². The second-order valence-electron chi connectivity index (χ2n) is 1.60. The normalized spacial score (nSPS) is 13.4. The Balaban J connectivity index is 2.50. The molecule has 1 unspecified atom stereocenters. The minimum Gasteiger partial charge on any atom is -0.722 e. The van der Waals surface area contributed by atoms with Crippen molar-refractivity contribution < 1.29 is 9.52 Å². The van der Waals surface area contributed by atoms with Crippen LogP contribution in [0.4, 0.5) is 0 Å². The van der Waals surface area contributed by atoms with Gasteiger partial charge in [-0.2, -0.15) is 15.3 Å². The largest absolute Gasteiger partial charge is 0.722 e. The molecule has 56 valence electrons. The Kier molecular flexibility index (Phi) is 2.67. The minimum atomic E-state index is -0.340. The van der Waals surface area contributed by atoms with Crippen LogP contribution in [0.2, 0.25) is 0 Å². The van der Waals surface area contributed by atoms with E-state index in [2.05, 4.69) is 20.4 Å². The number of nitrogens with zero attached hydrogens (tertiary/aromatic N) is 2. The molecule has 1 aromatic rings. The fourth-order valence-electron chi connectivity index (χ4n) is 0.524. The molecule has 0 amide bonds. The molecule has 0 aliphatic carbocycles. The molecule has 0 aliphatic rings. The molecule has 1 heterocycles. The molecule has 0 spiro atoms. The summed E-state index contributed by atoms with van der Waals surface area (Å²) >= 11 is 4.91. The van der Waals surface area contributed by atoms with Gasteiger partial charge in [-0.05, 0) is 4.98 Å². The van der Waals surface area contributed by atoms with Gasteiger partial charge in [-0.1, -0.05) is 0 Å². The quantitative estimate of drug-likeness (QED) is 0.333. The first-order chi connectivity index (χ1) is 4.84. The van der Waals surface area contributed by atoms with E-state index in [9.17, 15) is 0 Å². The average Bonchev–Trinajstić information content (AvgIpc) is 2.38. The zero-order valence-corrected chi connectivity index (χ0v) is 6.26. The molecule has 0 fully saturated rings. The van der Waals surface area contributed by atoms with E-state index >= 15 is 0 Å². The minimum absolute atomic E-state index is 0.340. The second-order valence-corrected chi connectivity index (χ2v) is 2.05. The van der Waals surface area contributed by atoms with Crippen LogP contribution in [0.15, 0.2) is 12.7 Å². The van der Waals surface area contributed by atoms with Crippen molar-refractivity contribution in [3.05, 3.63) is 12.7 Å². The fraction of sp³-hybridized carbons (Fsp3) is 0.500. The number of nitrogens with one attached hydrogen (secondary N) is 2. The topological polar surface area (TPSA) is 53.8 Å². The summed E-state index contributed by atoms with van der Waals surface area (Å²) in [5.41, 5.74) is 2.21. The lowest BCUT2D eigenvalue weighted by Crippen LogP contribution is -2.46. The highest BCUT2D eigenvalue weighted by Gasteiger charge is 1.99. The monoisotopic (exact) mass is 160 g/mol. The maximum absolute atomic E-state index is 4.91. The van der Waals surface area contributed by atoms with Crippen molar-refractivity contribution >= 4 is 12.6 Å². The zero-order valence-electron chi connectivity index (χ0n) is 5.44. The molecule has 10 heavy (non-hydrogen) atoms. The molecule has 0 saturated carbocycles. The second kappa shape index (κ2) is 3.55. The summed E-state index contributed by atoms with van der Waals surface area (Å²) in [5, 5.41) is 2.78. The van der Waals surface area contributed by atoms with E-state index in [4.69, 9.17) is 12.6 Å². The first kappa shape index (κ1) is 7.52. The van der Waals surface area contributed by atoms with Gasteiger partial charge in [-0.15, -0.1) is 0 Å². The van der Waals surface area contributed by atoms with E-state index in [0.29, 0.717) is 0 Å². The van der Waals surface area contributed by atoms with Crippen molar-refractivity contribution in [2.24, 2.45) is 0 Å². The zero-order chi connectivity index (χ0) is 7.40. The van der Waals surface area contributed by atoms with Crippen LogP contribution in [-0.2, 0) is 17.5 Å². The smallest absolute Gasteiger partial charge is 0.306 e. The van der Waals surface area contributed by atoms with Crippen LogP contribution < -0.4 is 10.2 Å². The predicted octanol–water partition coefficient (Wildman–Crippen LogP) is -1.15. The molecule has 6 heteroatoms. The summed E-state index contributed by atoms with van der Waals surface area (Å²) in [4.78, 5) is 8.38. The maximum atomic E-state index is 4.91. The van der Waals surface area contributed by atoms with E-state index in [1.165, 1.54) is 13.4 Å². The standard InChI is InChI=1S/C4H8N4OS/c1-9-7-4(10)8-3-5-2-6-8/h2-4,7,10H,1H3. The van der Waals surface area contributed by atoms with Gasteiger partial charge in [0.1, 0.15) is 0 Å². The van der Waals surface area contributed by atoms with Gasteiger partial charge in [0.2, 0.25) is 6.33 Å². The highest BCUT2D eigenvalue weighted by atomic mass is 32.1. The van der Waals surface area contributed by atoms with Crippen molar-refractivity contribution in [3.63, 3.8) is 0 Å². The third kappa shape index (κ3) is 1.69. The van der Waals surface area contributed by atoms with Gasteiger partial charge in [-0.3, -0.25) is 0 Å². The van der Waals surface area contributed by atoms with E-state index in [0.717, 1.165) is 0 Å². The lowest BCUT2D eigenvalue weighted by Gasteiger charge is -2.16. The summed E-state index contributed by atoms with van der Waals surface area (Å²) in [5.74, 6) is 0. The fourth-order valence-corrected chi connectivity index (χ4v) is 0.736. The highest BCUT2D eigenvalue weighted by Crippen LogP contribution is 1.80. The van der Waals surface area contributed by atoms with E-state index in [-0.39, 0.29) is 5.50 Å². The van der Waals surface area contributed by atoms with E-state index in [1.54, 1.807) is 11.0 Å². The van der Waals surface area contributed by atoms with Gasteiger partial charge >= 0.3 is 6.33 Å². The van der Waals surface area contributed by atoms with Gasteiger partial charge in [0, 0.05) is 0 Å². The Hall–Kier alpha value is -0.590. The Morgan fingerprint density at radius 3 is 3.20 bits per heavy atom. The van der Waals surface area contributed by atoms with Crippen LogP contribution >= 0.6 is 0 Å². The first-order valence-corrected chi connectivity index (χ1v) is 3.15. The average molecular weight is 160 g/mol. The van der Waals surface area contributed by atoms with Crippen molar-refractivity contribution in [3.8, 4) is 0 Å². The number of rotatable bonds is 3. The summed E-state index contributed by atoms with van der Waals surface area (Å²) in [6, 6.07) is 0. The van der Waals surface area contributed by atoms with Gasteiger partial charge < -0.3 is 17.5 Å². The lowest BCUT2D eigenvalue weighted by molar-refractivity contribution is -0.763. The number of hydroxylamine groups is 1. The third-order valence-corrected chi connectivity index (χ3v) is 1.27. The molecule has 0 saturated heterocycles. The van der Waals surface area contributed by atoms with E-state index < -0.39 is 0 Å². The number of aromatic amines is 1. The van der Waals surface area contributed by atoms with Crippen LogP contribution in [0.5, 0.6) is 0 Å². The van der Waals surface area contributed by atoms with Gasteiger partial charge in [0.15, 0.2) is 0 Å². The van der Waals surface area contributed by atoms with E-state index in [1.807, 2.05) is 0 Å². The summed E-state index contributed by atoms with van der Waals surface area (Å²) in [6.45, 7) is 0. The van der Waals surface area contributed by atoms with Crippen LogP contribution in [-0.4, -0.2) is 17.2 Å². The Morgan fingerprint density at radius 2 is 2.70 bits per heavy atom. The Bertz CT molecular complexity index is 177. The molecule has 0 radical (unpaired) electrons. The Labute approximate surface area is 63.8 Å². The number of hydrogen-bond donors (Lipinski definition) is 2. The van der Waals surface area contributed by atoms with Crippen LogP contribution in [0.25, 0.3) is 0 Å². The first-order valence-electron chi connectivity index (χ1n) is 2.68. The number of hydrogen-bond acceptors (Lipinski definition) is 4. The van der Waals surface area contributed by atoms with Crippen molar-refractivity contribution in [2.45, 2.75) is 5.50 Å². The molecular formula is C4H8N4OS. The van der Waals surface area contributed by atoms with Crippen molar-refractivity contribution in [1.82, 2.24) is 15.6 Å². The molecular weight excluding hydrogens is 152 g/mol. The predicted molar refractivity (Wildman–Crippen MR) is 35.3 cm³/mol. The van der Waals surface area contributed by atoms with Gasteiger partial charge in [-0.25, -0.2) is 0 Å². The van der Waals surface area contributed by atoms with Crippen LogP contribution in [0, 0.1) is 0 Å². The van der Waals surface area contributed by atoms with Gasteiger partial charge in [0.25, 0.3) is 0 Å². The molecule has 0 aromatic carbocycles. The lowest BCUT2D eigenvalue weighted by atomic mass is 11.0. The van der Waals surface area contributed by atoms with Crippen LogP contribution in [0.1, 0.15) is 5.50 Å². The SMILES string of the molecule is CONC([S-])[n+]1cnc[nH]1. The summed E-state index contributed by atoms with van der Waals surface area (Å²) < 4.78 is 1.60. The molecule has 1 rings (SSSR count). The third-order valence-electron chi connectivity index (χ3n) is 0.944. The summed E-state index contributed by atoms with van der Waals surface area (Å²) in [7, 11) is 1.51. The Morgan fingerprint density at radius 1 is 1.90 bits per heavy atom. The van der Waals surface area contributed by atoms with Crippen molar-refractivity contribution in [1.29, 1.82) is 0 Å². The molecule has 0 aliphatic heterocycles. The molecule has 5 nitrogen and oxygen atoms in total. The number of H-pyrrole nitrogens is 1. The number of aromatic nitrogens is 3.